The smallest absolute Gasteiger partial charge is 0.111 e. The molecule has 1 heterocycles. The van der Waals surface area contributed by atoms with Crippen molar-refractivity contribution in [3.05, 3.63) is 28.0 Å². The molecule has 0 bridgehead atoms. The number of benzene rings is 1. The van der Waals surface area contributed by atoms with Crippen molar-refractivity contribution in [1.29, 1.82) is 0 Å². The summed E-state index contributed by atoms with van der Waals surface area (Å²) in [6, 6.07) is 3.73. The zero-order chi connectivity index (χ0) is 15.8. The van der Waals surface area contributed by atoms with E-state index in [1.807, 2.05) is 12.1 Å². The number of hydrogen-bond donors (Lipinski definition) is 0. The number of hydrogen-bond acceptors (Lipinski definition) is 1. The number of aryl methyl sites for hydroxylation is 1. The van der Waals surface area contributed by atoms with Crippen LogP contribution in [0.3, 0.4) is 0 Å². The van der Waals surface area contributed by atoms with Gasteiger partial charge in [-0.25, -0.2) is 4.98 Å². The number of aromatic nitrogens is 2. The molecule has 0 N–H and O–H groups in total. The fourth-order valence-corrected chi connectivity index (χ4v) is 2.70. The monoisotopic (exact) mass is 346 g/mol. The molecule has 0 saturated heterocycles. The second kappa shape index (κ2) is 6.36. The summed E-state index contributed by atoms with van der Waals surface area (Å²) < 4.78 is 2.24. The predicted octanol–water partition coefficient (Wildman–Crippen LogP) is 5.81. The molecular formula is C16H21Cl3N2. The maximum Gasteiger partial charge on any atom is 0.111 e. The van der Waals surface area contributed by atoms with E-state index in [0.29, 0.717) is 21.8 Å². The van der Waals surface area contributed by atoms with Gasteiger partial charge < -0.3 is 4.57 Å². The highest BCUT2D eigenvalue weighted by molar-refractivity contribution is 6.42. The lowest BCUT2D eigenvalue weighted by Gasteiger charge is -2.30. The van der Waals surface area contributed by atoms with E-state index in [1.165, 1.54) is 0 Å². The number of rotatable bonds is 5. The average Bonchev–Trinajstić information content (AvgIpc) is 2.68. The van der Waals surface area contributed by atoms with E-state index in [4.69, 9.17) is 34.8 Å². The SMILES string of the molecule is CC(C)C(C)(C)Cn1c(CCCl)nc2cc(Cl)c(Cl)cc21. The van der Waals surface area contributed by atoms with Crippen LogP contribution in [-0.2, 0) is 13.0 Å². The maximum atomic E-state index is 6.18. The Morgan fingerprint density at radius 2 is 1.81 bits per heavy atom. The Morgan fingerprint density at radius 1 is 1.19 bits per heavy atom. The molecule has 2 nitrogen and oxygen atoms in total. The van der Waals surface area contributed by atoms with Crippen LogP contribution in [0.5, 0.6) is 0 Å². The van der Waals surface area contributed by atoms with E-state index in [2.05, 4.69) is 37.2 Å². The third-order valence-corrected chi connectivity index (χ3v) is 5.23. The van der Waals surface area contributed by atoms with Crippen LogP contribution in [0.25, 0.3) is 11.0 Å². The first-order valence-corrected chi connectivity index (χ1v) is 8.45. The number of halogens is 3. The Bertz CT molecular complexity index is 644. The van der Waals surface area contributed by atoms with Crippen molar-refractivity contribution >= 4 is 45.8 Å². The largest absolute Gasteiger partial charge is 0.327 e. The normalized spacial score (nSPS) is 12.6. The van der Waals surface area contributed by atoms with Crippen molar-refractivity contribution in [3.8, 4) is 0 Å². The Kier molecular flexibility index (Phi) is 5.12. The summed E-state index contributed by atoms with van der Waals surface area (Å²) in [5, 5.41) is 1.10. The fourth-order valence-electron chi connectivity index (χ4n) is 2.21. The summed E-state index contributed by atoms with van der Waals surface area (Å²) in [6.45, 7) is 9.90. The van der Waals surface area contributed by atoms with Gasteiger partial charge in [-0.15, -0.1) is 11.6 Å². The Labute approximate surface area is 141 Å². The molecule has 0 fully saturated rings. The number of alkyl halides is 1. The van der Waals surface area contributed by atoms with Crippen LogP contribution in [0.1, 0.15) is 33.5 Å². The van der Waals surface area contributed by atoms with Gasteiger partial charge >= 0.3 is 0 Å². The molecule has 0 aliphatic carbocycles. The third kappa shape index (κ3) is 3.49. The van der Waals surface area contributed by atoms with Crippen LogP contribution in [0.2, 0.25) is 10.0 Å². The Morgan fingerprint density at radius 3 is 2.38 bits per heavy atom. The van der Waals surface area contributed by atoms with Gasteiger partial charge in [0, 0.05) is 18.8 Å². The summed E-state index contributed by atoms with van der Waals surface area (Å²) in [5.74, 6) is 2.10. The molecule has 1 aromatic heterocycles. The molecule has 0 radical (unpaired) electrons. The lowest BCUT2D eigenvalue weighted by atomic mass is 9.81. The molecule has 0 spiro atoms. The second-order valence-corrected chi connectivity index (χ2v) is 7.64. The first-order valence-electron chi connectivity index (χ1n) is 7.16. The van der Waals surface area contributed by atoms with Crippen molar-refractivity contribution in [2.45, 2.75) is 40.7 Å². The standard InChI is InChI=1S/C16H21Cl3N2/c1-10(2)16(3,4)9-21-14-8-12(19)11(18)7-13(14)20-15(21)5-6-17/h7-8,10H,5-6,9H2,1-4H3. The topological polar surface area (TPSA) is 17.8 Å². The molecule has 1 aromatic carbocycles. The number of imidazole rings is 1. The average molecular weight is 348 g/mol. The highest BCUT2D eigenvalue weighted by Gasteiger charge is 2.25. The highest BCUT2D eigenvalue weighted by Crippen LogP contribution is 2.33. The minimum absolute atomic E-state index is 0.154. The van der Waals surface area contributed by atoms with Crippen LogP contribution in [0.15, 0.2) is 12.1 Å². The molecular weight excluding hydrogens is 327 g/mol. The molecule has 116 valence electrons. The van der Waals surface area contributed by atoms with E-state index in [0.717, 1.165) is 29.8 Å². The van der Waals surface area contributed by atoms with Crippen LogP contribution in [0, 0.1) is 11.3 Å². The lowest BCUT2D eigenvalue weighted by molar-refractivity contribution is 0.210. The zero-order valence-corrected chi connectivity index (χ0v) is 15.1. The minimum Gasteiger partial charge on any atom is -0.327 e. The van der Waals surface area contributed by atoms with Gasteiger partial charge in [0.1, 0.15) is 5.82 Å². The lowest BCUT2D eigenvalue weighted by Crippen LogP contribution is -2.26. The summed E-state index contributed by atoms with van der Waals surface area (Å²) in [4.78, 5) is 4.68. The van der Waals surface area contributed by atoms with Crippen LogP contribution in [0.4, 0.5) is 0 Å². The van der Waals surface area contributed by atoms with E-state index in [1.54, 1.807) is 0 Å². The molecule has 2 aromatic rings. The predicted molar refractivity (Wildman–Crippen MR) is 92.8 cm³/mol. The Balaban J connectivity index is 2.58. The third-order valence-electron chi connectivity index (χ3n) is 4.32. The van der Waals surface area contributed by atoms with Gasteiger partial charge in [0.25, 0.3) is 0 Å². The van der Waals surface area contributed by atoms with Gasteiger partial charge in [-0.2, -0.15) is 0 Å². The van der Waals surface area contributed by atoms with Crippen molar-refractivity contribution in [3.63, 3.8) is 0 Å². The summed E-state index contributed by atoms with van der Waals surface area (Å²) in [7, 11) is 0. The van der Waals surface area contributed by atoms with Gasteiger partial charge in [0.15, 0.2) is 0 Å². The van der Waals surface area contributed by atoms with Gasteiger partial charge in [0.2, 0.25) is 0 Å². The van der Waals surface area contributed by atoms with E-state index in [-0.39, 0.29) is 5.41 Å². The van der Waals surface area contributed by atoms with Crippen molar-refractivity contribution < 1.29 is 0 Å². The van der Waals surface area contributed by atoms with E-state index in [9.17, 15) is 0 Å². The molecule has 0 atom stereocenters. The van der Waals surface area contributed by atoms with Crippen molar-refractivity contribution in [2.24, 2.45) is 11.3 Å². The van der Waals surface area contributed by atoms with E-state index < -0.39 is 0 Å². The van der Waals surface area contributed by atoms with E-state index >= 15 is 0 Å². The molecule has 0 aliphatic heterocycles. The molecule has 0 unspecified atom stereocenters. The van der Waals surface area contributed by atoms with Crippen LogP contribution in [-0.4, -0.2) is 15.4 Å². The summed E-state index contributed by atoms with van der Waals surface area (Å²) in [6.07, 6.45) is 0.736. The van der Waals surface area contributed by atoms with Gasteiger partial charge in [-0.3, -0.25) is 0 Å². The second-order valence-electron chi connectivity index (χ2n) is 6.45. The quantitative estimate of drug-likeness (QED) is 0.624. The molecule has 5 heteroatoms. The van der Waals surface area contributed by atoms with Crippen molar-refractivity contribution in [2.75, 3.05) is 5.88 Å². The maximum absolute atomic E-state index is 6.18. The summed E-state index contributed by atoms with van der Waals surface area (Å²) in [5.41, 5.74) is 2.06. The van der Waals surface area contributed by atoms with Gasteiger partial charge in [-0.1, -0.05) is 50.9 Å². The molecule has 0 aliphatic rings. The molecule has 0 saturated carbocycles. The first kappa shape index (κ1) is 16.9. The number of fused-ring (bicyclic) bond motifs is 1. The van der Waals surface area contributed by atoms with Crippen LogP contribution >= 0.6 is 34.8 Å². The van der Waals surface area contributed by atoms with Gasteiger partial charge in [0.05, 0.1) is 21.1 Å². The zero-order valence-electron chi connectivity index (χ0n) is 12.9. The summed E-state index contributed by atoms with van der Waals surface area (Å²) >= 11 is 18.2. The Hall–Kier alpha value is -0.440. The van der Waals surface area contributed by atoms with Gasteiger partial charge in [-0.05, 0) is 23.5 Å². The molecule has 0 amide bonds. The first-order chi connectivity index (χ1) is 9.76. The fraction of sp³-hybridized carbons (Fsp3) is 0.562. The minimum atomic E-state index is 0.154. The van der Waals surface area contributed by atoms with Crippen molar-refractivity contribution in [1.82, 2.24) is 9.55 Å². The highest BCUT2D eigenvalue weighted by atomic mass is 35.5. The molecule has 2 rings (SSSR count). The van der Waals surface area contributed by atoms with Crippen LogP contribution < -0.4 is 0 Å². The number of nitrogens with zero attached hydrogens (tertiary/aromatic N) is 2. The molecule has 21 heavy (non-hydrogen) atoms.